The van der Waals surface area contributed by atoms with E-state index in [1.54, 1.807) is 37.5 Å². The van der Waals surface area contributed by atoms with Gasteiger partial charge in [0.05, 0.1) is 18.8 Å². The van der Waals surface area contributed by atoms with Gasteiger partial charge in [0.2, 0.25) is 0 Å². The van der Waals surface area contributed by atoms with Crippen LogP contribution in [0.15, 0.2) is 61.6 Å². The van der Waals surface area contributed by atoms with Gasteiger partial charge < -0.3 is 15.2 Å². The van der Waals surface area contributed by atoms with E-state index in [9.17, 15) is 24.0 Å². The molecule has 0 aliphatic rings. The summed E-state index contributed by atoms with van der Waals surface area (Å²) in [5.74, 6) is -1.91. The molecule has 0 saturated carbocycles. The van der Waals surface area contributed by atoms with E-state index < -0.39 is 28.2 Å². The molecule has 0 saturated heterocycles. The first-order chi connectivity index (χ1) is 16.3. The van der Waals surface area contributed by atoms with Gasteiger partial charge in [-0.3, -0.25) is 4.68 Å². The third kappa shape index (κ3) is 4.71. The quantitative estimate of drug-likeness (QED) is 0.311. The number of halogens is 2. The van der Waals surface area contributed by atoms with Gasteiger partial charge in [0, 0.05) is 35.0 Å². The molecule has 1 aromatic carbocycles. The zero-order valence-electron chi connectivity index (χ0n) is 17.9. The van der Waals surface area contributed by atoms with Crippen molar-refractivity contribution in [2.45, 2.75) is 25.1 Å². The monoisotopic (exact) mass is 467 g/mol. The first-order valence-corrected chi connectivity index (χ1v) is 10.1. The van der Waals surface area contributed by atoms with Gasteiger partial charge in [-0.1, -0.05) is 18.2 Å². The lowest BCUT2D eigenvalue weighted by Gasteiger charge is -2.34. The zero-order valence-corrected chi connectivity index (χ0v) is 17.9. The average molecular weight is 467 g/mol. The van der Waals surface area contributed by atoms with Crippen molar-refractivity contribution in [1.29, 1.82) is 0 Å². The molecule has 0 aliphatic heterocycles. The van der Waals surface area contributed by atoms with Crippen LogP contribution < -0.4 is 0 Å². The van der Waals surface area contributed by atoms with Crippen molar-refractivity contribution in [3.63, 3.8) is 0 Å². The van der Waals surface area contributed by atoms with Crippen LogP contribution in [0, 0.1) is 21.7 Å². The van der Waals surface area contributed by atoms with Crippen LogP contribution in [0.25, 0.3) is 12.2 Å². The molecule has 0 radical (unpaired) electrons. The Hall–Kier alpha value is -4.32. The molecule has 0 unspecified atom stereocenters. The van der Waals surface area contributed by atoms with Crippen molar-refractivity contribution >= 4 is 18.0 Å². The highest BCUT2D eigenvalue weighted by atomic mass is 19.1. The van der Waals surface area contributed by atoms with Gasteiger partial charge in [-0.05, 0) is 29.0 Å². The molecule has 0 spiro atoms. The molecular formula is C22H19F2N7O3. The molecule has 3 heterocycles. The lowest BCUT2D eigenvalue weighted by atomic mass is 9.86. The summed E-state index contributed by atoms with van der Waals surface area (Å²) >= 11 is 0. The van der Waals surface area contributed by atoms with Gasteiger partial charge in [-0.25, -0.2) is 18.4 Å². The summed E-state index contributed by atoms with van der Waals surface area (Å²) in [6, 6.07) is 5.05. The van der Waals surface area contributed by atoms with Crippen LogP contribution >= 0.6 is 0 Å². The Balaban J connectivity index is 1.62. The Labute approximate surface area is 192 Å². The third-order valence-corrected chi connectivity index (χ3v) is 5.40. The topological polar surface area (TPSA) is 125 Å². The summed E-state index contributed by atoms with van der Waals surface area (Å²) in [6.07, 6.45) is 10.6. The van der Waals surface area contributed by atoms with Gasteiger partial charge in [0.15, 0.2) is 0 Å². The van der Waals surface area contributed by atoms with E-state index in [0.29, 0.717) is 17.2 Å². The number of hydrogen-bond acceptors (Lipinski definition) is 7. The average Bonchev–Trinajstić information content (AvgIpc) is 3.49. The molecular weight excluding hydrogens is 448 g/mol. The number of hydrogen-bond donors (Lipinski definition) is 1. The van der Waals surface area contributed by atoms with Crippen molar-refractivity contribution in [2.75, 3.05) is 0 Å². The van der Waals surface area contributed by atoms with Crippen LogP contribution in [0.4, 0.5) is 14.6 Å². The largest absolute Gasteiger partial charge is 0.381 e. The Kier molecular flexibility index (Phi) is 6.23. The van der Waals surface area contributed by atoms with Crippen molar-refractivity contribution in [2.24, 2.45) is 0 Å². The highest BCUT2D eigenvalue weighted by Gasteiger charge is 2.40. The maximum absolute atomic E-state index is 14.7. The predicted molar refractivity (Wildman–Crippen MR) is 117 cm³/mol. The van der Waals surface area contributed by atoms with Gasteiger partial charge >= 0.3 is 5.82 Å². The molecule has 174 valence electrons. The summed E-state index contributed by atoms with van der Waals surface area (Å²) in [5, 5.41) is 30.7. The number of pyridine rings is 1. The van der Waals surface area contributed by atoms with Crippen molar-refractivity contribution in [1.82, 2.24) is 29.5 Å². The molecule has 4 aromatic rings. The van der Waals surface area contributed by atoms with Crippen LogP contribution in [0.2, 0.25) is 0 Å². The van der Waals surface area contributed by atoms with Crippen molar-refractivity contribution in [3.8, 4) is 0 Å². The first-order valence-electron chi connectivity index (χ1n) is 10.1. The minimum Gasteiger partial charge on any atom is -0.381 e. The highest BCUT2D eigenvalue weighted by Crippen LogP contribution is 2.36. The Bertz CT molecular complexity index is 1320. The minimum atomic E-state index is -1.85. The highest BCUT2D eigenvalue weighted by molar-refractivity contribution is 5.68. The number of aliphatic hydroxyl groups is 1. The summed E-state index contributed by atoms with van der Waals surface area (Å²) in [4.78, 5) is 17.8. The van der Waals surface area contributed by atoms with E-state index in [0.717, 1.165) is 6.07 Å². The standard InChI is InChI=1S/C22H19F2N7O3/c1-15(22(32,12-29-14-25-13-28-29)19-6-5-18(23)8-20(19)24)30-11-17(10-27-30)3-2-16-4-7-21(26-9-16)31(33)34/h2-11,13-15,32H,12H2,1H3/b3-2+/t15-,22-/m1/s1. The van der Waals surface area contributed by atoms with E-state index in [2.05, 4.69) is 20.2 Å². The second-order valence-corrected chi connectivity index (χ2v) is 7.61. The molecule has 3 aromatic heterocycles. The molecule has 2 atom stereocenters. The Morgan fingerprint density at radius 2 is 1.97 bits per heavy atom. The zero-order chi connectivity index (χ0) is 24.3. The number of nitrogens with zero attached hydrogens (tertiary/aromatic N) is 7. The normalized spacial score (nSPS) is 14.2. The van der Waals surface area contributed by atoms with Crippen LogP contribution in [-0.2, 0) is 12.1 Å². The Morgan fingerprint density at radius 3 is 2.62 bits per heavy atom. The number of rotatable bonds is 8. The van der Waals surface area contributed by atoms with Gasteiger partial charge in [0.25, 0.3) is 0 Å². The number of benzene rings is 1. The summed E-state index contributed by atoms with van der Waals surface area (Å²) < 4.78 is 31.0. The molecule has 0 bridgehead atoms. The Morgan fingerprint density at radius 1 is 1.18 bits per heavy atom. The minimum absolute atomic E-state index is 0.110. The van der Waals surface area contributed by atoms with E-state index in [4.69, 9.17) is 0 Å². The fourth-order valence-corrected chi connectivity index (χ4v) is 3.51. The molecule has 34 heavy (non-hydrogen) atoms. The number of nitro groups is 1. The third-order valence-electron chi connectivity index (χ3n) is 5.40. The molecule has 4 rings (SSSR count). The van der Waals surface area contributed by atoms with E-state index in [1.807, 2.05) is 0 Å². The smallest absolute Gasteiger partial charge is 0.363 e. The van der Waals surface area contributed by atoms with Crippen LogP contribution in [0.3, 0.4) is 0 Å². The van der Waals surface area contributed by atoms with Crippen molar-refractivity contribution in [3.05, 3.63) is 100 Å². The summed E-state index contributed by atoms with van der Waals surface area (Å²) in [6.45, 7) is 1.50. The second kappa shape index (κ2) is 9.27. The first kappa shape index (κ1) is 22.9. The van der Waals surface area contributed by atoms with Gasteiger partial charge in [-0.2, -0.15) is 10.2 Å². The molecule has 1 N–H and O–H groups in total. The molecule has 0 fully saturated rings. The SMILES string of the molecule is C[C@@H](n1cc(/C=C/c2ccc([N+](=O)[O-])nc2)cn1)[C@](O)(Cn1cncn1)c1ccc(F)cc1F. The predicted octanol–water partition coefficient (Wildman–Crippen LogP) is 3.38. The second-order valence-electron chi connectivity index (χ2n) is 7.61. The van der Waals surface area contributed by atoms with Crippen LogP contribution in [0.5, 0.6) is 0 Å². The van der Waals surface area contributed by atoms with Gasteiger partial charge in [0.1, 0.15) is 36.1 Å². The maximum atomic E-state index is 14.7. The van der Waals surface area contributed by atoms with E-state index in [-0.39, 0.29) is 17.9 Å². The lowest BCUT2D eigenvalue weighted by Crippen LogP contribution is -2.40. The molecule has 12 heteroatoms. The number of aromatic nitrogens is 6. The van der Waals surface area contributed by atoms with Crippen molar-refractivity contribution < 1.29 is 18.8 Å². The van der Waals surface area contributed by atoms with Crippen LogP contribution in [-0.4, -0.2) is 39.6 Å². The van der Waals surface area contributed by atoms with E-state index in [1.165, 1.54) is 40.3 Å². The van der Waals surface area contributed by atoms with E-state index >= 15 is 0 Å². The van der Waals surface area contributed by atoms with Crippen LogP contribution in [0.1, 0.15) is 29.7 Å². The molecule has 10 nitrogen and oxygen atoms in total. The summed E-state index contributed by atoms with van der Waals surface area (Å²) in [5.41, 5.74) is -0.655. The maximum Gasteiger partial charge on any atom is 0.363 e. The lowest BCUT2D eigenvalue weighted by molar-refractivity contribution is -0.389. The summed E-state index contributed by atoms with van der Waals surface area (Å²) in [7, 11) is 0. The fourth-order valence-electron chi connectivity index (χ4n) is 3.51. The van der Waals surface area contributed by atoms with Gasteiger partial charge in [-0.15, -0.1) is 0 Å². The molecule has 0 amide bonds. The fraction of sp³-hybridized carbons (Fsp3) is 0.182. The molecule has 0 aliphatic carbocycles.